The molecule has 0 saturated heterocycles. The molecule has 0 atom stereocenters. The van der Waals surface area contributed by atoms with Gasteiger partial charge in [-0.15, -0.1) is 32.2 Å². The molecule has 3 rings (SSSR count). The zero-order valence-electron chi connectivity index (χ0n) is 10.1. The molecule has 0 fully saturated rings. The predicted octanol–water partition coefficient (Wildman–Crippen LogP) is 0.623. The summed E-state index contributed by atoms with van der Waals surface area (Å²) in [5.41, 5.74) is 0.928. The van der Waals surface area contributed by atoms with Crippen molar-refractivity contribution < 1.29 is 0 Å². The van der Waals surface area contributed by atoms with E-state index in [4.69, 9.17) is 0 Å². The van der Waals surface area contributed by atoms with Gasteiger partial charge < -0.3 is 0 Å². The minimum Gasteiger partial charge on any atom is -0.177 e. The number of H-pyrrole nitrogens is 1. The van der Waals surface area contributed by atoms with Gasteiger partial charge in [-0.05, 0) is 35.7 Å². The lowest BCUT2D eigenvalue weighted by Crippen LogP contribution is -2.05. The van der Waals surface area contributed by atoms with Gasteiger partial charge in [0.25, 0.3) is 0 Å². The lowest BCUT2D eigenvalue weighted by molar-refractivity contribution is 0.555. The zero-order chi connectivity index (χ0) is 13.1. The summed E-state index contributed by atoms with van der Waals surface area (Å²) in [6.07, 6.45) is 2.04. The highest BCUT2D eigenvalue weighted by Gasteiger charge is 2.08. The summed E-state index contributed by atoms with van der Waals surface area (Å²) < 4.78 is 0. The van der Waals surface area contributed by atoms with Gasteiger partial charge >= 0.3 is 0 Å². The van der Waals surface area contributed by atoms with Gasteiger partial charge in [-0.25, -0.2) is 0 Å². The minimum absolute atomic E-state index is 0.340. The van der Waals surface area contributed by atoms with Gasteiger partial charge in [0.15, 0.2) is 5.82 Å². The van der Waals surface area contributed by atoms with Crippen LogP contribution in [0.5, 0.6) is 0 Å². The van der Waals surface area contributed by atoms with Crippen LogP contribution in [0.2, 0.25) is 0 Å². The highest BCUT2D eigenvalue weighted by atomic mass is 32.2. The highest BCUT2D eigenvalue weighted by molar-refractivity contribution is 7.98. The molecule has 9 heteroatoms. The molecular formula is C10H10N8S. The van der Waals surface area contributed by atoms with Crippen LogP contribution in [0.1, 0.15) is 5.82 Å². The average molecular weight is 274 g/mol. The van der Waals surface area contributed by atoms with E-state index in [9.17, 15) is 0 Å². The van der Waals surface area contributed by atoms with Gasteiger partial charge in [-0.3, -0.25) is 0 Å². The van der Waals surface area contributed by atoms with Crippen molar-refractivity contribution in [3.63, 3.8) is 0 Å². The average Bonchev–Trinajstić information content (AvgIpc) is 3.11. The van der Waals surface area contributed by atoms with Crippen LogP contribution in [0.25, 0.3) is 11.4 Å². The Hall–Kier alpha value is -2.29. The topological polar surface area (TPSA) is 98.1 Å². The first-order valence-corrected chi connectivity index (χ1v) is 6.72. The van der Waals surface area contributed by atoms with Gasteiger partial charge in [0, 0.05) is 10.5 Å². The van der Waals surface area contributed by atoms with E-state index in [2.05, 4.69) is 36.0 Å². The Labute approximate surface area is 112 Å². The third-order valence-corrected chi connectivity index (χ3v) is 3.22. The number of tetrazole rings is 2. The Kier molecular flexibility index (Phi) is 3.19. The van der Waals surface area contributed by atoms with Crippen LogP contribution in [0.3, 0.4) is 0 Å². The number of rotatable bonds is 4. The molecule has 1 N–H and O–H groups in total. The molecule has 3 aromatic rings. The molecule has 96 valence electrons. The van der Waals surface area contributed by atoms with Crippen LogP contribution >= 0.6 is 11.8 Å². The highest BCUT2D eigenvalue weighted by Crippen LogP contribution is 2.19. The number of benzene rings is 1. The first-order valence-electron chi connectivity index (χ1n) is 5.50. The molecule has 0 spiro atoms. The standard InChI is InChI=1S/C10H10N8S/c1-19-8-4-2-7(3-5-8)10-13-17-18(14-10)6-9-11-15-16-12-9/h2-5H,6H2,1H3,(H,11,12,15,16). The lowest BCUT2D eigenvalue weighted by atomic mass is 10.2. The Morgan fingerprint density at radius 3 is 2.74 bits per heavy atom. The zero-order valence-corrected chi connectivity index (χ0v) is 10.9. The van der Waals surface area contributed by atoms with Crippen molar-refractivity contribution in [3.8, 4) is 11.4 Å². The van der Waals surface area contributed by atoms with Crippen molar-refractivity contribution in [2.75, 3.05) is 6.26 Å². The molecule has 2 heterocycles. The van der Waals surface area contributed by atoms with Crippen molar-refractivity contribution in [2.45, 2.75) is 11.4 Å². The Balaban J connectivity index is 1.80. The summed E-state index contributed by atoms with van der Waals surface area (Å²) in [7, 11) is 0. The normalized spacial score (nSPS) is 10.8. The number of nitrogens with one attached hydrogen (secondary N) is 1. The molecule has 0 unspecified atom stereocenters. The second kappa shape index (κ2) is 5.14. The SMILES string of the molecule is CSc1ccc(-c2nnn(Cc3nn[nH]n3)n2)cc1. The maximum atomic E-state index is 4.28. The number of thioether (sulfide) groups is 1. The number of hydrogen-bond donors (Lipinski definition) is 1. The fourth-order valence-electron chi connectivity index (χ4n) is 1.54. The van der Waals surface area contributed by atoms with Gasteiger partial charge in [-0.1, -0.05) is 5.21 Å². The van der Waals surface area contributed by atoms with Gasteiger partial charge in [0.05, 0.1) is 0 Å². The van der Waals surface area contributed by atoms with Crippen molar-refractivity contribution in [1.29, 1.82) is 0 Å². The number of nitrogens with zero attached hydrogens (tertiary/aromatic N) is 7. The van der Waals surface area contributed by atoms with Gasteiger partial charge in [-0.2, -0.15) is 10.0 Å². The minimum atomic E-state index is 0.340. The van der Waals surface area contributed by atoms with Crippen LogP contribution in [0, 0.1) is 0 Å². The Bertz CT molecular complexity index is 644. The maximum Gasteiger partial charge on any atom is 0.204 e. The fraction of sp³-hybridized carbons (Fsp3) is 0.200. The van der Waals surface area contributed by atoms with E-state index < -0.39 is 0 Å². The molecule has 19 heavy (non-hydrogen) atoms. The second-order valence-corrected chi connectivity index (χ2v) is 4.58. The molecule has 0 amide bonds. The van der Waals surface area contributed by atoms with E-state index in [1.54, 1.807) is 11.8 Å². The number of aromatic amines is 1. The number of hydrogen-bond acceptors (Lipinski definition) is 7. The van der Waals surface area contributed by atoms with Crippen molar-refractivity contribution >= 4 is 11.8 Å². The molecule has 8 nitrogen and oxygen atoms in total. The summed E-state index contributed by atoms with van der Waals surface area (Å²) in [6, 6.07) is 8.00. The third kappa shape index (κ3) is 2.60. The third-order valence-electron chi connectivity index (χ3n) is 2.47. The first kappa shape index (κ1) is 11.8. The van der Waals surface area contributed by atoms with E-state index in [1.807, 2.05) is 30.5 Å². The molecule has 0 aliphatic rings. The van der Waals surface area contributed by atoms with Crippen molar-refractivity contribution in [2.24, 2.45) is 0 Å². The summed E-state index contributed by atoms with van der Waals surface area (Å²) in [5, 5.41) is 25.8. The van der Waals surface area contributed by atoms with E-state index in [0.29, 0.717) is 18.2 Å². The van der Waals surface area contributed by atoms with Crippen LogP contribution in [0.15, 0.2) is 29.2 Å². The molecule has 1 aromatic carbocycles. The van der Waals surface area contributed by atoms with E-state index >= 15 is 0 Å². The summed E-state index contributed by atoms with van der Waals surface area (Å²) in [4.78, 5) is 2.63. The maximum absolute atomic E-state index is 4.28. The fourth-order valence-corrected chi connectivity index (χ4v) is 1.95. The molecule has 0 aliphatic heterocycles. The summed E-state index contributed by atoms with van der Waals surface area (Å²) in [6.45, 7) is 0.340. The Morgan fingerprint density at radius 2 is 2.05 bits per heavy atom. The van der Waals surface area contributed by atoms with Crippen LogP contribution in [-0.2, 0) is 6.54 Å². The van der Waals surface area contributed by atoms with Crippen LogP contribution in [0.4, 0.5) is 0 Å². The quantitative estimate of drug-likeness (QED) is 0.696. The molecule has 0 aliphatic carbocycles. The van der Waals surface area contributed by atoms with E-state index in [0.717, 1.165) is 5.56 Å². The van der Waals surface area contributed by atoms with E-state index in [-0.39, 0.29) is 0 Å². The largest absolute Gasteiger partial charge is 0.204 e. The second-order valence-electron chi connectivity index (χ2n) is 3.70. The van der Waals surface area contributed by atoms with Gasteiger partial charge in [0.2, 0.25) is 5.82 Å². The predicted molar refractivity (Wildman–Crippen MR) is 68.3 cm³/mol. The van der Waals surface area contributed by atoms with Crippen molar-refractivity contribution in [3.05, 3.63) is 30.1 Å². The number of aromatic nitrogens is 8. The lowest BCUT2D eigenvalue weighted by Gasteiger charge is -1.97. The van der Waals surface area contributed by atoms with Crippen LogP contribution in [-0.4, -0.2) is 47.1 Å². The molecule has 0 saturated carbocycles. The van der Waals surface area contributed by atoms with Crippen molar-refractivity contribution in [1.82, 2.24) is 40.8 Å². The molecule has 2 aromatic heterocycles. The molecule has 0 bridgehead atoms. The summed E-state index contributed by atoms with van der Waals surface area (Å²) in [5.74, 6) is 1.10. The van der Waals surface area contributed by atoms with Crippen LogP contribution < -0.4 is 0 Å². The smallest absolute Gasteiger partial charge is 0.177 e. The molecule has 0 radical (unpaired) electrons. The monoisotopic (exact) mass is 274 g/mol. The summed E-state index contributed by atoms with van der Waals surface area (Å²) >= 11 is 1.69. The van der Waals surface area contributed by atoms with E-state index in [1.165, 1.54) is 9.69 Å². The van der Waals surface area contributed by atoms with Gasteiger partial charge in [0.1, 0.15) is 6.54 Å². The Morgan fingerprint density at radius 1 is 1.21 bits per heavy atom. The first-order chi connectivity index (χ1) is 9.35. The molecular weight excluding hydrogens is 264 g/mol.